The first-order chi connectivity index (χ1) is 11.2. The highest BCUT2D eigenvalue weighted by Gasteiger charge is 2.29. The predicted octanol–water partition coefficient (Wildman–Crippen LogP) is 2.43. The van der Waals surface area contributed by atoms with Crippen LogP contribution in [0.3, 0.4) is 0 Å². The van der Waals surface area contributed by atoms with Crippen LogP contribution in [0.4, 0.5) is 0 Å². The van der Waals surface area contributed by atoms with Gasteiger partial charge >= 0.3 is 0 Å². The molecule has 6 nitrogen and oxygen atoms in total. The van der Waals surface area contributed by atoms with Crippen LogP contribution in [0.25, 0.3) is 0 Å². The summed E-state index contributed by atoms with van der Waals surface area (Å²) in [6.07, 6.45) is 3.69. The summed E-state index contributed by atoms with van der Waals surface area (Å²) in [6.45, 7) is 1.13. The third-order valence-corrected chi connectivity index (χ3v) is 3.88. The number of hydrogen-bond acceptors (Lipinski definition) is 5. The zero-order valence-corrected chi connectivity index (χ0v) is 13.4. The number of rotatable bonds is 4. The summed E-state index contributed by atoms with van der Waals surface area (Å²) >= 11 is 5.85. The number of nitrogens with zero attached hydrogens (tertiary/aromatic N) is 3. The Hall–Kier alpha value is -2.34. The summed E-state index contributed by atoms with van der Waals surface area (Å²) in [5.74, 6) is 0.662. The molecule has 7 heteroatoms. The van der Waals surface area contributed by atoms with Crippen LogP contribution >= 0.6 is 11.6 Å². The van der Waals surface area contributed by atoms with Crippen molar-refractivity contribution in [2.75, 3.05) is 20.2 Å². The minimum Gasteiger partial charge on any atom is -0.477 e. The molecule has 0 N–H and O–H groups in total. The normalized spacial score (nSPS) is 17.1. The van der Waals surface area contributed by atoms with E-state index in [0.717, 1.165) is 6.42 Å². The molecule has 1 aromatic carbocycles. The fourth-order valence-electron chi connectivity index (χ4n) is 2.48. The van der Waals surface area contributed by atoms with Gasteiger partial charge in [0.25, 0.3) is 17.7 Å². The van der Waals surface area contributed by atoms with E-state index in [1.165, 1.54) is 13.3 Å². The molecule has 1 saturated heterocycles. The van der Waals surface area contributed by atoms with Crippen molar-refractivity contribution in [1.82, 2.24) is 14.9 Å². The Morgan fingerprint density at radius 1 is 1.22 bits per heavy atom. The van der Waals surface area contributed by atoms with Gasteiger partial charge in [0.1, 0.15) is 6.10 Å². The van der Waals surface area contributed by atoms with Crippen molar-refractivity contribution in [3.63, 3.8) is 0 Å². The van der Waals surface area contributed by atoms with E-state index < -0.39 is 0 Å². The zero-order chi connectivity index (χ0) is 16.2. The largest absolute Gasteiger partial charge is 0.477 e. The highest BCUT2D eigenvalue weighted by molar-refractivity contribution is 6.30. The second-order valence-electron chi connectivity index (χ2n) is 5.16. The van der Waals surface area contributed by atoms with E-state index in [1.54, 1.807) is 35.4 Å². The van der Waals surface area contributed by atoms with Gasteiger partial charge in [0, 0.05) is 35.9 Å². The molecular formula is C16H16ClN3O3. The first kappa shape index (κ1) is 15.6. The van der Waals surface area contributed by atoms with E-state index in [-0.39, 0.29) is 12.0 Å². The van der Waals surface area contributed by atoms with Crippen LogP contribution in [0.5, 0.6) is 11.8 Å². The summed E-state index contributed by atoms with van der Waals surface area (Å²) in [5.41, 5.74) is 0.618. The summed E-state index contributed by atoms with van der Waals surface area (Å²) in [7, 11) is 1.52. The number of halogens is 1. The summed E-state index contributed by atoms with van der Waals surface area (Å²) in [5, 5.41) is 0.610. The molecule has 1 atom stereocenters. The molecule has 0 radical (unpaired) electrons. The van der Waals surface area contributed by atoms with Gasteiger partial charge in [-0.25, -0.2) is 9.97 Å². The average molecular weight is 334 g/mol. The van der Waals surface area contributed by atoms with Crippen LogP contribution in [-0.4, -0.2) is 47.1 Å². The van der Waals surface area contributed by atoms with Crippen LogP contribution in [0.1, 0.15) is 16.8 Å². The van der Waals surface area contributed by atoms with Gasteiger partial charge in [0.15, 0.2) is 0 Å². The molecule has 2 heterocycles. The molecule has 0 aliphatic carbocycles. The Balaban J connectivity index is 1.64. The zero-order valence-electron chi connectivity index (χ0n) is 12.6. The van der Waals surface area contributed by atoms with Crippen molar-refractivity contribution < 1.29 is 14.3 Å². The third-order valence-electron chi connectivity index (χ3n) is 3.63. The Morgan fingerprint density at radius 3 is 2.61 bits per heavy atom. The minimum absolute atomic E-state index is 0.0288. The van der Waals surface area contributed by atoms with Gasteiger partial charge in [-0.2, -0.15) is 0 Å². The number of amides is 1. The number of benzene rings is 1. The predicted molar refractivity (Wildman–Crippen MR) is 85.0 cm³/mol. The summed E-state index contributed by atoms with van der Waals surface area (Å²) < 4.78 is 10.9. The summed E-state index contributed by atoms with van der Waals surface area (Å²) in [6, 6.07) is 6.88. The maximum atomic E-state index is 12.5. The molecule has 1 aliphatic heterocycles. The highest BCUT2D eigenvalue weighted by Crippen LogP contribution is 2.24. The van der Waals surface area contributed by atoms with Crippen LogP contribution < -0.4 is 9.47 Å². The lowest BCUT2D eigenvalue weighted by atomic mass is 10.2. The summed E-state index contributed by atoms with van der Waals surface area (Å²) in [4.78, 5) is 22.4. The molecule has 23 heavy (non-hydrogen) atoms. The fourth-order valence-corrected chi connectivity index (χ4v) is 2.60. The first-order valence-corrected chi connectivity index (χ1v) is 7.61. The maximum Gasteiger partial charge on any atom is 0.278 e. The number of hydrogen-bond donors (Lipinski definition) is 0. The lowest BCUT2D eigenvalue weighted by molar-refractivity contribution is 0.0770. The van der Waals surface area contributed by atoms with Gasteiger partial charge in [-0.05, 0) is 24.3 Å². The van der Waals surface area contributed by atoms with Crippen LogP contribution in [0.2, 0.25) is 5.02 Å². The van der Waals surface area contributed by atoms with Gasteiger partial charge in [-0.3, -0.25) is 4.79 Å². The van der Waals surface area contributed by atoms with Crippen molar-refractivity contribution in [2.45, 2.75) is 12.5 Å². The van der Waals surface area contributed by atoms with E-state index in [1.807, 2.05) is 0 Å². The molecule has 1 aromatic heterocycles. The molecule has 2 aromatic rings. The van der Waals surface area contributed by atoms with Gasteiger partial charge in [0.05, 0.1) is 13.7 Å². The van der Waals surface area contributed by atoms with E-state index in [2.05, 4.69) is 9.97 Å². The molecular weight excluding hydrogens is 318 g/mol. The molecule has 1 fully saturated rings. The number of aromatic nitrogens is 2. The van der Waals surface area contributed by atoms with Crippen LogP contribution in [0, 0.1) is 0 Å². The van der Waals surface area contributed by atoms with E-state index in [4.69, 9.17) is 21.1 Å². The molecule has 0 saturated carbocycles. The lowest BCUT2D eigenvalue weighted by Crippen LogP contribution is -2.31. The Morgan fingerprint density at radius 2 is 1.91 bits per heavy atom. The maximum absolute atomic E-state index is 12.5. The van der Waals surface area contributed by atoms with Crippen molar-refractivity contribution in [3.05, 3.63) is 47.2 Å². The number of carbonyl (C=O) groups is 1. The van der Waals surface area contributed by atoms with Crippen molar-refractivity contribution in [1.29, 1.82) is 0 Å². The van der Waals surface area contributed by atoms with Gasteiger partial charge in [0.2, 0.25) is 0 Å². The smallest absolute Gasteiger partial charge is 0.278 e. The van der Waals surface area contributed by atoms with Crippen LogP contribution in [-0.2, 0) is 0 Å². The van der Waals surface area contributed by atoms with Crippen molar-refractivity contribution in [2.24, 2.45) is 0 Å². The van der Waals surface area contributed by atoms with E-state index in [9.17, 15) is 4.79 Å². The highest BCUT2D eigenvalue weighted by atomic mass is 35.5. The molecule has 1 aliphatic rings. The monoisotopic (exact) mass is 333 g/mol. The molecule has 3 rings (SSSR count). The topological polar surface area (TPSA) is 64.6 Å². The number of likely N-dealkylation sites (tertiary alicyclic amines) is 1. The SMILES string of the molecule is COc1nccnc1OC1CCN(C(=O)c2ccc(Cl)cc2)C1. The first-order valence-electron chi connectivity index (χ1n) is 7.24. The Bertz CT molecular complexity index is 693. The van der Waals surface area contributed by atoms with Crippen molar-refractivity contribution in [3.8, 4) is 11.8 Å². The van der Waals surface area contributed by atoms with Gasteiger partial charge in [-0.15, -0.1) is 0 Å². The Kier molecular flexibility index (Phi) is 4.62. The standard InChI is InChI=1S/C16H16ClN3O3/c1-22-14-15(19-8-7-18-14)23-13-6-9-20(10-13)16(21)11-2-4-12(17)5-3-11/h2-5,7-8,13H,6,9-10H2,1H3. The fraction of sp³-hybridized carbons (Fsp3) is 0.312. The van der Waals surface area contributed by atoms with Gasteiger partial charge in [-0.1, -0.05) is 11.6 Å². The molecule has 1 unspecified atom stereocenters. The second kappa shape index (κ2) is 6.83. The van der Waals surface area contributed by atoms with E-state index >= 15 is 0 Å². The number of carbonyl (C=O) groups excluding carboxylic acids is 1. The number of ether oxygens (including phenoxy) is 2. The molecule has 0 bridgehead atoms. The van der Waals surface area contributed by atoms with Gasteiger partial charge < -0.3 is 14.4 Å². The van der Waals surface area contributed by atoms with Crippen LogP contribution in [0.15, 0.2) is 36.7 Å². The Labute approximate surface area is 139 Å². The minimum atomic E-state index is -0.128. The van der Waals surface area contributed by atoms with E-state index in [0.29, 0.717) is 35.4 Å². The number of methoxy groups -OCH3 is 1. The lowest BCUT2D eigenvalue weighted by Gasteiger charge is -2.17. The third kappa shape index (κ3) is 3.53. The van der Waals surface area contributed by atoms with Crippen molar-refractivity contribution >= 4 is 17.5 Å². The molecule has 1 amide bonds. The molecule has 0 spiro atoms. The second-order valence-corrected chi connectivity index (χ2v) is 5.59. The average Bonchev–Trinajstić information content (AvgIpc) is 3.04. The molecule has 120 valence electrons. The quantitative estimate of drug-likeness (QED) is 0.859.